The maximum atomic E-state index is 13.7. The number of nitrogens with zero attached hydrogens (tertiary/aromatic N) is 1. The number of ether oxygens (including phenoxy) is 1. The van der Waals surface area contributed by atoms with Crippen LogP contribution in [0.15, 0.2) is 36.4 Å². The molecule has 3 nitrogen and oxygen atoms in total. The summed E-state index contributed by atoms with van der Waals surface area (Å²) in [5.74, 6) is -0.146. The molecule has 1 N–H and O–H groups in total. The number of halogens is 4. The molecule has 0 aliphatic rings. The Morgan fingerprint density at radius 3 is 2.61 bits per heavy atom. The predicted octanol–water partition coefficient (Wildman–Crippen LogP) is 5.21. The maximum Gasteiger partial charge on any atom is 0.416 e. The van der Waals surface area contributed by atoms with E-state index >= 15 is 0 Å². The van der Waals surface area contributed by atoms with Crippen molar-refractivity contribution in [3.05, 3.63) is 47.8 Å². The molecule has 1 aromatic heterocycles. The third kappa shape index (κ3) is 3.21. The number of hydrogen-bond donors (Lipinski definition) is 1. The second-order valence-corrected chi connectivity index (χ2v) is 5.70. The molecular weight excluding hydrogens is 332 g/mol. The fourth-order valence-corrected chi connectivity index (χ4v) is 2.90. The number of nitrogens with one attached hydrogen (secondary N) is 1. The van der Waals surface area contributed by atoms with Crippen LogP contribution in [0.2, 0.25) is 0 Å². The largest absolute Gasteiger partial charge is 0.497 e. The highest BCUT2D eigenvalue weighted by Gasteiger charge is 2.31. The Morgan fingerprint density at radius 2 is 1.91 bits per heavy atom. The van der Waals surface area contributed by atoms with Gasteiger partial charge in [-0.05, 0) is 36.4 Å². The third-order valence-corrected chi connectivity index (χ3v) is 4.06. The molecule has 1 heterocycles. The second kappa shape index (κ2) is 5.69. The first-order valence-electron chi connectivity index (χ1n) is 6.45. The van der Waals surface area contributed by atoms with Gasteiger partial charge in [-0.2, -0.15) is 13.2 Å². The molecule has 8 heteroatoms. The number of thiazole rings is 1. The molecule has 0 unspecified atom stereocenters. The molecule has 0 aliphatic carbocycles. The van der Waals surface area contributed by atoms with Crippen molar-refractivity contribution in [3.63, 3.8) is 0 Å². The molecular formula is C15H10F4N2OS. The average molecular weight is 342 g/mol. The quantitative estimate of drug-likeness (QED) is 0.664. The van der Waals surface area contributed by atoms with Gasteiger partial charge in [-0.1, -0.05) is 11.3 Å². The van der Waals surface area contributed by atoms with Gasteiger partial charge in [-0.15, -0.1) is 0 Å². The summed E-state index contributed by atoms with van der Waals surface area (Å²) in [6.45, 7) is 0. The van der Waals surface area contributed by atoms with Gasteiger partial charge >= 0.3 is 6.18 Å². The Balaban J connectivity index is 1.95. The molecule has 0 fully saturated rings. The minimum atomic E-state index is -4.54. The topological polar surface area (TPSA) is 34.1 Å². The highest BCUT2D eigenvalue weighted by molar-refractivity contribution is 7.22. The molecule has 0 saturated heterocycles. The summed E-state index contributed by atoms with van der Waals surface area (Å²) in [7, 11) is 1.53. The van der Waals surface area contributed by atoms with Gasteiger partial charge in [0.2, 0.25) is 0 Å². The van der Waals surface area contributed by atoms with Crippen LogP contribution in [0.3, 0.4) is 0 Å². The summed E-state index contributed by atoms with van der Waals surface area (Å²) in [4.78, 5) is 4.22. The van der Waals surface area contributed by atoms with Crippen molar-refractivity contribution >= 4 is 32.4 Å². The average Bonchev–Trinajstić information content (AvgIpc) is 2.89. The van der Waals surface area contributed by atoms with Crippen LogP contribution in [0.5, 0.6) is 5.75 Å². The van der Waals surface area contributed by atoms with E-state index in [0.717, 1.165) is 16.8 Å². The Morgan fingerprint density at radius 1 is 1.13 bits per heavy atom. The molecule has 120 valence electrons. The van der Waals surface area contributed by atoms with Crippen LogP contribution in [-0.4, -0.2) is 12.1 Å². The Kier molecular flexibility index (Phi) is 3.85. The van der Waals surface area contributed by atoms with Crippen LogP contribution in [0, 0.1) is 5.82 Å². The van der Waals surface area contributed by atoms with E-state index in [4.69, 9.17) is 4.74 Å². The fourth-order valence-electron chi connectivity index (χ4n) is 2.00. The predicted molar refractivity (Wildman–Crippen MR) is 80.9 cm³/mol. The SMILES string of the molecule is COc1ccc2nc(Nc3cc(C(F)(F)F)ccc3F)sc2c1. The van der Waals surface area contributed by atoms with Crippen LogP contribution in [0.4, 0.5) is 28.4 Å². The summed E-state index contributed by atoms with van der Waals surface area (Å²) in [6.07, 6.45) is -4.54. The van der Waals surface area contributed by atoms with Crippen LogP contribution < -0.4 is 10.1 Å². The Bertz CT molecular complexity index is 860. The normalized spacial score (nSPS) is 11.7. The Labute approximate surface area is 132 Å². The van der Waals surface area contributed by atoms with E-state index in [1.807, 2.05) is 0 Å². The van der Waals surface area contributed by atoms with Crippen molar-refractivity contribution in [2.45, 2.75) is 6.18 Å². The van der Waals surface area contributed by atoms with Crippen molar-refractivity contribution in [3.8, 4) is 5.75 Å². The zero-order valence-electron chi connectivity index (χ0n) is 11.7. The highest BCUT2D eigenvalue weighted by atomic mass is 32.1. The van der Waals surface area contributed by atoms with Crippen molar-refractivity contribution in [2.24, 2.45) is 0 Å². The van der Waals surface area contributed by atoms with Crippen LogP contribution in [0.25, 0.3) is 10.2 Å². The van der Waals surface area contributed by atoms with E-state index in [2.05, 4.69) is 10.3 Å². The van der Waals surface area contributed by atoms with Gasteiger partial charge in [-0.25, -0.2) is 9.37 Å². The summed E-state index contributed by atoms with van der Waals surface area (Å²) in [5, 5.41) is 2.90. The van der Waals surface area contributed by atoms with Gasteiger partial charge in [0, 0.05) is 0 Å². The molecule has 0 radical (unpaired) electrons. The number of hydrogen-bond acceptors (Lipinski definition) is 4. The second-order valence-electron chi connectivity index (χ2n) is 4.67. The lowest BCUT2D eigenvalue weighted by Gasteiger charge is -2.10. The molecule has 3 aromatic rings. The molecule has 0 atom stereocenters. The Hall–Kier alpha value is -2.35. The fraction of sp³-hybridized carbons (Fsp3) is 0.133. The van der Waals surface area contributed by atoms with E-state index < -0.39 is 17.6 Å². The summed E-state index contributed by atoms with van der Waals surface area (Å²) < 4.78 is 57.8. The molecule has 0 aliphatic heterocycles. The number of fused-ring (bicyclic) bond motifs is 1. The number of aromatic nitrogens is 1. The van der Waals surface area contributed by atoms with Crippen molar-refractivity contribution in [2.75, 3.05) is 12.4 Å². The molecule has 3 rings (SSSR count). The molecule has 0 spiro atoms. The highest BCUT2D eigenvalue weighted by Crippen LogP contribution is 2.35. The zero-order valence-corrected chi connectivity index (χ0v) is 12.6. The van der Waals surface area contributed by atoms with Crippen molar-refractivity contribution < 1.29 is 22.3 Å². The molecule has 0 saturated carbocycles. The number of benzene rings is 2. The van der Waals surface area contributed by atoms with Crippen LogP contribution in [-0.2, 0) is 6.18 Å². The maximum absolute atomic E-state index is 13.7. The minimum Gasteiger partial charge on any atom is -0.497 e. The summed E-state index contributed by atoms with van der Waals surface area (Å²) >= 11 is 1.19. The molecule has 0 amide bonds. The first-order valence-corrected chi connectivity index (χ1v) is 7.27. The lowest BCUT2D eigenvalue weighted by atomic mass is 10.2. The van der Waals surface area contributed by atoms with Gasteiger partial charge in [0.1, 0.15) is 11.6 Å². The van der Waals surface area contributed by atoms with Crippen molar-refractivity contribution in [1.29, 1.82) is 0 Å². The molecule has 2 aromatic carbocycles. The first kappa shape index (κ1) is 15.5. The number of methoxy groups -OCH3 is 1. The van der Waals surface area contributed by atoms with Gasteiger partial charge in [0.05, 0.1) is 28.6 Å². The zero-order chi connectivity index (χ0) is 16.6. The van der Waals surface area contributed by atoms with Gasteiger partial charge in [-0.3, -0.25) is 0 Å². The van der Waals surface area contributed by atoms with E-state index in [1.54, 1.807) is 18.2 Å². The van der Waals surface area contributed by atoms with E-state index in [9.17, 15) is 17.6 Å². The van der Waals surface area contributed by atoms with Crippen LogP contribution in [0.1, 0.15) is 5.56 Å². The van der Waals surface area contributed by atoms with E-state index in [0.29, 0.717) is 22.5 Å². The standard InChI is InChI=1S/C15H10F4N2OS/c1-22-9-3-5-11-13(7-9)23-14(20-11)21-12-6-8(15(17,18)19)2-4-10(12)16/h2-7H,1H3,(H,20,21). The number of rotatable bonds is 3. The van der Waals surface area contributed by atoms with Gasteiger partial charge < -0.3 is 10.1 Å². The lowest BCUT2D eigenvalue weighted by molar-refractivity contribution is -0.137. The first-order chi connectivity index (χ1) is 10.9. The molecule has 0 bridgehead atoms. The number of alkyl halides is 3. The van der Waals surface area contributed by atoms with Gasteiger partial charge in [0.25, 0.3) is 0 Å². The summed E-state index contributed by atoms with van der Waals surface area (Å²) in [5.41, 5.74) is -0.555. The number of anilines is 2. The van der Waals surface area contributed by atoms with Crippen LogP contribution >= 0.6 is 11.3 Å². The van der Waals surface area contributed by atoms with E-state index in [1.165, 1.54) is 18.4 Å². The smallest absolute Gasteiger partial charge is 0.416 e. The van der Waals surface area contributed by atoms with Gasteiger partial charge in [0.15, 0.2) is 5.13 Å². The van der Waals surface area contributed by atoms with Crippen molar-refractivity contribution in [1.82, 2.24) is 4.98 Å². The minimum absolute atomic E-state index is 0.272. The molecule has 23 heavy (non-hydrogen) atoms. The van der Waals surface area contributed by atoms with E-state index in [-0.39, 0.29) is 5.69 Å². The summed E-state index contributed by atoms with van der Waals surface area (Å²) in [6, 6.07) is 7.39. The lowest BCUT2D eigenvalue weighted by Crippen LogP contribution is -2.06. The monoisotopic (exact) mass is 342 g/mol. The third-order valence-electron chi connectivity index (χ3n) is 3.13.